The van der Waals surface area contributed by atoms with Crippen LogP contribution in [-0.2, 0) is 6.42 Å². The van der Waals surface area contributed by atoms with E-state index in [0.717, 1.165) is 0 Å². The molecule has 0 N–H and O–H groups in total. The fourth-order valence-corrected chi connectivity index (χ4v) is 4.04. The lowest BCUT2D eigenvalue weighted by Gasteiger charge is -2.37. The molecule has 0 saturated carbocycles. The summed E-state index contributed by atoms with van der Waals surface area (Å²) >= 11 is 0. The quantitative estimate of drug-likeness (QED) is 0.761. The van der Waals surface area contributed by atoms with E-state index in [0.29, 0.717) is 12.0 Å². The van der Waals surface area contributed by atoms with E-state index in [1.54, 1.807) is 11.1 Å². The van der Waals surface area contributed by atoms with E-state index in [4.69, 9.17) is 0 Å². The Bertz CT molecular complexity index is 596. The second-order valence-electron chi connectivity index (χ2n) is 6.17. The maximum atomic E-state index is 2.70. The van der Waals surface area contributed by atoms with E-state index in [2.05, 4.69) is 59.5 Å². The van der Waals surface area contributed by atoms with Crippen molar-refractivity contribution in [3.8, 4) is 0 Å². The molecule has 2 aliphatic rings. The molecular weight excluding hydrogens is 322 g/mol. The van der Waals surface area contributed by atoms with Crippen LogP contribution in [0.3, 0.4) is 0 Å². The third-order valence-electron chi connectivity index (χ3n) is 4.94. The van der Waals surface area contributed by atoms with Crippen LogP contribution in [0.15, 0.2) is 54.6 Å². The molecule has 1 nitrogen and oxygen atoms in total. The monoisotopic (exact) mass is 343 g/mol. The highest BCUT2D eigenvalue weighted by molar-refractivity contribution is 8.93. The molecule has 0 aromatic heterocycles. The van der Waals surface area contributed by atoms with Crippen molar-refractivity contribution in [2.75, 3.05) is 13.1 Å². The van der Waals surface area contributed by atoms with Gasteiger partial charge < -0.3 is 0 Å². The molecule has 2 heteroatoms. The summed E-state index contributed by atoms with van der Waals surface area (Å²) in [5, 5.41) is 0. The van der Waals surface area contributed by atoms with E-state index in [1.807, 2.05) is 0 Å². The Hall–Kier alpha value is -1.12. The van der Waals surface area contributed by atoms with Gasteiger partial charge in [-0.15, -0.1) is 17.0 Å². The number of halogens is 1. The first-order chi connectivity index (χ1) is 9.92. The second kappa shape index (κ2) is 6.33. The van der Waals surface area contributed by atoms with E-state index in [-0.39, 0.29) is 17.0 Å². The van der Waals surface area contributed by atoms with Crippen LogP contribution in [0.25, 0.3) is 0 Å². The third kappa shape index (κ3) is 2.79. The Labute approximate surface area is 137 Å². The van der Waals surface area contributed by atoms with Crippen molar-refractivity contribution in [3.05, 3.63) is 71.3 Å². The Morgan fingerprint density at radius 1 is 0.905 bits per heavy atom. The van der Waals surface area contributed by atoms with E-state index < -0.39 is 0 Å². The van der Waals surface area contributed by atoms with Crippen molar-refractivity contribution < 1.29 is 0 Å². The Morgan fingerprint density at radius 2 is 1.62 bits per heavy atom. The SMILES string of the molecule is Br.c1ccc(C[C@H]2CN3CCC[C@H]3c3ccccc32)cc1. The average molecular weight is 344 g/mol. The summed E-state index contributed by atoms with van der Waals surface area (Å²) in [6.45, 7) is 2.51. The van der Waals surface area contributed by atoms with Gasteiger partial charge >= 0.3 is 0 Å². The maximum Gasteiger partial charge on any atom is 0.0351 e. The zero-order valence-electron chi connectivity index (χ0n) is 12.2. The van der Waals surface area contributed by atoms with Crippen molar-refractivity contribution in [1.82, 2.24) is 4.90 Å². The van der Waals surface area contributed by atoms with Crippen LogP contribution >= 0.6 is 17.0 Å². The molecule has 2 aliphatic heterocycles. The summed E-state index contributed by atoms with van der Waals surface area (Å²) in [5.74, 6) is 0.656. The molecule has 21 heavy (non-hydrogen) atoms. The summed E-state index contributed by atoms with van der Waals surface area (Å²) < 4.78 is 0. The number of hydrogen-bond donors (Lipinski definition) is 0. The highest BCUT2D eigenvalue weighted by atomic mass is 79.9. The van der Waals surface area contributed by atoms with Crippen LogP contribution in [0.4, 0.5) is 0 Å². The minimum Gasteiger partial charge on any atom is -0.296 e. The molecule has 0 unspecified atom stereocenters. The Kier molecular flexibility index (Phi) is 4.46. The van der Waals surface area contributed by atoms with Gasteiger partial charge in [-0.3, -0.25) is 4.90 Å². The summed E-state index contributed by atoms with van der Waals surface area (Å²) in [4.78, 5) is 2.70. The molecule has 2 aromatic rings. The van der Waals surface area contributed by atoms with Crippen molar-refractivity contribution in [3.63, 3.8) is 0 Å². The zero-order chi connectivity index (χ0) is 13.4. The van der Waals surface area contributed by atoms with E-state index in [9.17, 15) is 0 Å². The molecule has 0 bridgehead atoms. The van der Waals surface area contributed by atoms with Crippen LogP contribution < -0.4 is 0 Å². The molecule has 0 amide bonds. The van der Waals surface area contributed by atoms with Crippen molar-refractivity contribution in [2.24, 2.45) is 0 Å². The molecule has 2 atom stereocenters. The third-order valence-corrected chi connectivity index (χ3v) is 4.94. The summed E-state index contributed by atoms with van der Waals surface area (Å²) in [7, 11) is 0. The van der Waals surface area contributed by atoms with Gasteiger partial charge in [0.25, 0.3) is 0 Å². The first-order valence-electron chi connectivity index (χ1n) is 7.78. The van der Waals surface area contributed by atoms with E-state index in [1.165, 1.54) is 37.9 Å². The molecule has 2 heterocycles. The largest absolute Gasteiger partial charge is 0.296 e. The van der Waals surface area contributed by atoms with Gasteiger partial charge in [-0.05, 0) is 42.5 Å². The predicted molar refractivity (Wildman–Crippen MR) is 93.2 cm³/mol. The molecule has 0 spiro atoms. The van der Waals surface area contributed by atoms with Gasteiger partial charge in [0.15, 0.2) is 0 Å². The fourth-order valence-electron chi connectivity index (χ4n) is 4.04. The number of hydrogen-bond acceptors (Lipinski definition) is 1. The Morgan fingerprint density at radius 3 is 2.43 bits per heavy atom. The maximum absolute atomic E-state index is 2.70. The van der Waals surface area contributed by atoms with E-state index >= 15 is 0 Å². The lowest BCUT2D eigenvalue weighted by molar-refractivity contribution is 0.219. The van der Waals surface area contributed by atoms with Gasteiger partial charge in [-0.25, -0.2) is 0 Å². The smallest absolute Gasteiger partial charge is 0.0351 e. The second-order valence-corrected chi connectivity index (χ2v) is 6.17. The normalized spacial score (nSPS) is 24.0. The van der Waals surface area contributed by atoms with Crippen LogP contribution in [0.1, 0.15) is 41.5 Å². The molecule has 0 radical (unpaired) electrons. The van der Waals surface area contributed by atoms with Gasteiger partial charge in [0.2, 0.25) is 0 Å². The zero-order valence-corrected chi connectivity index (χ0v) is 14.0. The summed E-state index contributed by atoms with van der Waals surface area (Å²) in [5.41, 5.74) is 4.65. The van der Waals surface area contributed by atoms with Gasteiger partial charge in [0.05, 0.1) is 0 Å². The van der Waals surface area contributed by atoms with Gasteiger partial charge in [-0.2, -0.15) is 0 Å². The summed E-state index contributed by atoms with van der Waals surface area (Å²) in [6, 6.07) is 20.8. The molecule has 1 saturated heterocycles. The molecule has 1 fully saturated rings. The number of rotatable bonds is 2. The van der Waals surface area contributed by atoms with Crippen LogP contribution in [-0.4, -0.2) is 18.0 Å². The van der Waals surface area contributed by atoms with Crippen LogP contribution in [0.5, 0.6) is 0 Å². The summed E-state index contributed by atoms with van der Waals surface area (Å²) in [6.07, 6.45) is 3.87. The topological polar surface area (TPSA) is 3.24 Å². The van der Waals surface area contributed by atoms with Gasteiger partial charge in [-0.1, -0.05) is 54.6 Å². The number of benzene rings is 2. The molecule has 2 aromatic carbocycles. The minimum atomic E-state index is 0. The van der Waals surface area contributed by atoms with Crippen LogP contribution in [0.2, 0.25) is 0 Å². The van der Waals surface area contributed by atoms with Crippen LogP contribution in [0, 0.1) is 0 Å². The molecule has 110 valence electrons. The highest BCUT2D eigenvalue weighted by Crippen LogP contribution is 2.42. The van der Waals surface area contributed by atoms with Gasteiger partial charge in [0.1, 0.15) is 0 Å². The first kappa shape index (κ1) is 14.8. The Balaban J connectivity index is 0.00000132. The highest BCUT2D eigenvalue weighted by Gasteiger charge is 2.35. The number of nitrogens with zero attached hydrogens (tertiary/aromatic N) is 1. The van der Waals surface area contributed by atoms with Gasteiger partial charge in [0, 0.05) is 18.5 Å². The minimum absolute atomic E-state index is 0. The van der Waals surface area contributed by atoms with Crippen molar-refractivity contribution in [1.29, 1.82) is 0 Å². The lowest BCUT2D eigenvalue weighted by Crippen LogP contribution is -2.34. The number of fused-ring (bicyclic) bond motifs is 3. The molecule has 0 aliphatic carbocycles. The average Bonchev–Trinajstić information content (AvgIpc) is 2.97. The lowest BCUT2D eigenvalue weighted by atomic mass is 9.82. The molecule has 4 rings (SSSR count). The first-order valence-corrected chi connectivity index (χ1v) is 7.78. The molecular formula is C19H22BrN. The standard InChI is InChI=1S/C19H21N.BrH/c1-2-7-15(8-3-1)13-16-14-20-12-6-11-19(20)18-10-5-4-9-17(16)18;/h1-5,7-10,16,19H,6,11-14H2;1H/t16-,19-;/m0./s1. The van der Waals surface area contributed by atoms with Crippen molar-refractivity contribution in [2.45, 2.75) is 31.2 Å². The fraction of sp³-hybridized carbons (Fsp3) is 0.368. The predicted octanol–water partition coefficient (Wildman–Crippen LogP) is 4.74. The van der Waals surface area contributed by atoms with Crippen molar-refractivity contribution >= 4 is 17.0 Å².